The Balaban J connectivity index is 2.82. The topological polar surface area (TPSA) is 35.5 Å². The van der Waals surface area contributed by atoms with Crippen molar-refractivity contribution in [3.8, 4) is 0 Å². The van der Waals surface area contributed by atoms with E-state index in [1.807, 2.05) is 6.92 Å². The van der Waals surface area contributed by atoms with Gasteiger partial charge >= 0.3 is 6.16 Å². The molecule has 3 nitrogen and oxygen atoms in total. The van der Waals surface area contributed by atoms with Gasteiger partial charge in [0.05, 0.1) is 0 Å². The van der Waals surface area contributed by atoms with Gasteiger partial charge < -0.3 is 9.47 Å². The van der Waals surface area contributed by atoms with E-state index in [0.29, 0.717) is 12.8 Å². The molecule has 0 aromatic carbocycles. The van der Waals surface area contributed by atoms with Crippen LogP contribution in [0, 0.1) is 0 Å². The zero-order chi connectivity index (χ0) is 9.90. The smallest absolute Gasteiger partial charge is 0.427 e. The van der Waals surface area contributed by atoms with Crippen LogP contribution >= 0.6 is 0 Å². The molecule has 1 atom stereocenters. The minimum atomic E-state index is -0.601. The average molecular weight is 182 g/mol. The van der Waals surface area contributed by atoms with Crippen molar-refractivity contribution in [3.05, 3.63) is 25.3 Å². The Labute approximate surface area is 78.0 Å². The van der Waals surface area contributed by atoms with Gasteiger partial charge in [0.25, 0.3) is 0 Å². The molecule has 72 valence electrons. The number of hydrogen-bond acceptors (Lipinski definition) is 3. The monoisotopic (exact) mass is 182 g/mol. The lowest BCUT2D eigenvalue weighted by atomic mass is 9.90. The van der Waals surface area contributed by atoms with Crippen LogP contribution in [0.25, 0.3) is 0 Å². The van der Waals surface area contributed by atoms with Crippen LogP contribution < -0.4 is 0 Å². The summed E-state index contributed by atoms with van der Waals surface area (Å²) in [6.45, 7) is 9.08. The molecule has 0 amide bonds. The molecule has 1 rings (SSSR count). The SMILES string of the molecule is C=CCC1(CC=C)OC(=O)OC1C. The fourth-order valence-corrected chi connectivity index (χ4v) is 1.51. The van der Waals surface area contributed by atoms with Crippen LogP contribution in [-0.4, -0.2) is 17.9 Å². The summed E-state index contributed by atoms with van der Waals surface area (Å²) < 4.78 is 10.1. The van der Waals surface area contributed by atoms with E-state index in [9.17, 15) is 4.79 Å². The van der Waals surface area contributed by atoms with Crippen molar-refractivity contribution in [2.24, 2.45) is 0 Å². The van der Waals surface area contributed by atoms with Gasteiger partial charge in [-0.1, -0.05) is 12.2 Å². The molecule has 1 aliphatic heterocycles. The lowest BCUT2D eigenvalue weighted by molar-refractivity contribution is 0.0403. The first-order valence-corrected chi connectivity index (χ1v) is 4.26. The van der Waals surface area contributed by atoms with Crippen molar-refractivity contribution in [1.29, 1.82) is 0 Å². The second-order valence-corrected chi connectivity index (χ2v) is 3.16. The summed E-state index contributed by atoms with van der Waals surface area (Å²) in [7, 11) is 0. The molecule has 0 radical (unpaired) electrons. The van der Waals surface area contributed by atoms with Crippen molar-refractivity contribution < 1.29 is 14.3 Å². The Kier molecular flexibility index (Phi) is 2.76. The van der Waals surface area contributed by atoms with E-state index in [-0.39, 0.29) is 6.10 Å². The number of ether oxygens (including phenoxy) is 2. The number of carbonyl (C=O) groups excluding carboxylic acids is 1. The fraction of sp³-hybridized carbons (Fsp3) is 0.500. The molecular weight excluding hydrogens is 168 g/mol. The standard InChI is InChI=1S/C10H14O3/c1-4-6-10(7-5-2)8(3)12-9(11)13-10/h4-5,8H,1-2,6-7H2,3H3. The molecule has 1 aliphatic rings. The van der Waals surface area contributed by atoms with Gasteiger partial charge in [0.15, 0.2) is 5.60 Å². The molecule has 1 unspecified atom stereocenters. The summed E-state index contributed by atoms with van der Waals surface area (Å²) in [6, 6.07) is 0. The Bertz CT molecular complexity index is 222. The number of hydrogen-bond donors (Lipinski definition) is 0. The van der Waals surface area contributed by atoms with Gasteiger partial charge in [-0.25, -0.2) is 4.79 Å². The third kappa shape index (κ3) is 1.74. The highest BCUT2D eigenvalue weighted by atomic mass is 16.8. The normalized spacial score (nSPS) is 24.7. The van der Waals surface area contributed by atoms with Crippen LogP contribution in [0.4, 0.5) is 4.79 Å². The Morgan fingerprint density at radius 1 is 1.46 bits per heavy atom. The van der Waals surface area contributed by atoms with Gasteiger partial charge in [0.1, 0.15) is 6.10 Å². The van der Waals surface area contributed by atoms with Crippen LogP contribution in [0.15, 0.2) is 25.3 Å². The molecule has 0 spiro atoms. The third-order valence-electron chi connectivity index (χ3n) is 2.28. The molecule has 1 fully saturated rings. The summed E-state index contributed by atoms with van der Waals surface area (Å²) in [5.74, 6) is 0. The summed E-state index contributed by atoms with van der Waals surface area (Å²) in [5.41, 5.74) is -0.583. The van der Waals surface area contributed by atoms with Crippen LogP contribution in [0.2, 0.25) is 0 Å². The zero-order valence-electron chi connectivity index (χ0n) is 7.79. The first kappa shape index (κ1) is 9.84. The average Bonchev–Trinajstić information content (AvgIpc) is 2.28. The molecule has 13 heavy (non-hydrogen) atoms. The van der Waals surface area contributed by atoms with Crippen molar-refractivity contribution in [2.75, 3.05) is 0 Å². The first-order valence-electron chi connectivity index (χ1n) is 4.26. The predicted molar refractivity (Wildman–Crippen MR) is 49.4 cm³/mol. The molecule has 0 aliphatic carbocycles. The van der Waals surface area contributed by atoms with E-state index < -0.39 is 11.8 Å². The summed E-state index contributed by atoms with van der Waals surface area (Å²) in [6.07, 6.45) is 3.79. The van der Waals surface area contributed by atoms with Crippen molar-refractivity contribution in [3.63, 3.8) is 0 Å². The molecule has 0 aromatic heterocycles. The fourth-order valence-electron chi connectivity index (χ4n) is 1.51. The molecule has 0 N–H and O–H groups in total. The molecule has 3 heteroatoms. The Morgan fingerprint density at radius 3 is 2.31 bits per heavy atom. The van der Waals surface area contributed by atoms with Gasteiger partial charge in [-0.3, -0.25) is 0 Å². The van der Waals surface area contributed by atoms with Crippen molar-refractivity contribution >= 4 is 6.16 Å². The van der Waals surface area contributed by atoms with Crippen molar-refractivity contribution in [2.45, 2.75) is 31.5 Å². The second kappa shape index (κ2) is 3.64. The van der Waals surface area contributed by atoms with E-state index >= 15 is 0 Å². The molecule has 0 aromatic rings. The number of cyclic esters (lactones) is 2. The maximum absolute atomic E-state index is 10.9. The number of carbonyl (C=O) groups is 1. The van der Waals surface area contributed by atoms with Gasteiger partial charge in [-0.15, -0.1) is 13.2 Å². The molecule has 0 bridgehead atoms. The van der Waals surface area contributed by atoms with Gasteiger partial charge in [-0.2, -0.15) is 0 Å². The van der Waals surface area contributed by atoms with E-state index in [4.69, 9.17) is 9.47 Å². The van der Waals surface area contributed by atoms with Crippen LogP contribution in [0.1, 0.15) is 19.8 Å². The summed E-state index contributed by atoms with van der Waals surface area (Å²) in [5, 5.41) is 0. The van der Waals surface area contributed by atoms with Gasteiger partial charge in [-0.05, 0) is 6.92 Å². The van der Waals surface area contributed by atoms with Crippen molar-refractivity contribution in [1.82, 2.24) is 0 Å². The Hall–Kier alpha value is -1.25. The highest BCUT2D eigenvalue weighted by Crippen LogP contribution is 2.34. The van der Waals surface area contributed by atoms with Crippen LogP contribution in [0.5, 0.6) is 0 Å². The first-order chi connectivity index (χ1) is 6.14. The summed E-state index contributed by atoms with van der Waals surface area (Å²) in [4.78, 5) is 10.9. The zero-order valence-corrected chi connectivity index (χ0v) is 7.79. The third-order valence-corrected chi connectivity index (χ3v) is 2.28. The van der Waals surface area contributed by atoms with Crippen LogP contribution in [-0.2, 0) is 9.47 Å². The molecule has 1 heterocycles. The van der Waals surface area contributed by atoms with Gasteiger partial charge in [0.2, 0.25) is 0 Å². The van der Waals surface area contributed by atoms with Crippen LogP contribution in [0.3, 0.4) is 0 Å². The van der Waals surface area contributed by atoms with E-state index in [1.54, 1.807) is 12.2 Å². The second-order valence-electron chi connectivity index (χ2n) is 3.16. The predicted octanol–water partition coefficient (Wildman–Crippen LogP) is 2.43. The van der Waals surface area contributed by atoms with E-state index in [1.165, 1.54) is 0 Å². The minimum Gasteiger partial charge on any atom is -0.427 e. The molecular formula is C10H14O3. The highest BCUT2D eigenvalue weighted by Gasteiger charge is 2.46. The largest absolute Gasteiger partial charge is 0.509 e. The number of rotatable bonds is 4. The maximum Gasteiger partial charge on any atom is 0.509 e. The van der Waals surface area contributed by atoms with E-state index in [0.717, 1.165) is 0 Å². The Morgan fingerprint density at radius 2 is 2.00 bits per heavy atom. The molecule has 1 saturated heterocycles. The van der Waals surface area contributed by atoms with E-state index in [2.05, 4.69) is 13.2 Å². The molecule has 0 saturated carbocycles. The lowest BCUT2D eigenvalue weighted by Gasteiger charge is -2.26. The maximum atomic E-state index is 10.9. The van der Waals surface area contributed by atoms with Gasteiger partial charge in [0, 0.05) is 12.8 Å². The highest BCUT2D eigenvalue weighted by molar-refractivity contribution is 5.63. The quantitative estimate of drug-likeness (QED) is 0.494. The minimum absolute atomic E-state index is 0.240. The lowest BCUT2D eigenvalue weighted by Crippen LogP contribution is -2.37. The summed E-state index contributed by atoms with van der Waals surface area (Å²) >= 11 is 0.